The number of likely N-dealkylation sites (tertiary alicyclic amines) is 1. The Morgan fingerprint density at radius 1 is 0.968 bits per heavy atom. The van der Waals surface area contributed by atoms with E-state index in [4.69, 9.17) is 9.47 Å². The summed E-state index contributed by atoms with van der Waals surface area (Å²) >= 11 is 0. The summed E-state index contributed by atoms with van der Waals surface area (Å²) in [4.78, 5) is 39.7. The van der Waals surface area contributed by atoms with Crippen LogP contribution in [0.25, 0.3) is 11.1 Å². The molecule has 1 heterocycles. The van der Waals surface area contributed by atoms with Crippen molar-refractivity contribution in [3.05, 3.63) is 59.7 Å². The molecule has 0 saturated carbocycles. The number of fused-ring (bicyclic) bond motifs is 3. The third-order valence-corrected chi connectivity index (χ3v) is 5.93. The monoisotopic (exact) mass is 422 g/mol. The molecule has 0 bridgehead atoms. The summed E-state index contributed by atoms with van der Waals surface area (Å²) < 4.78 is 10.8. The van der Waals surface area contributed by atoms with Gasteiger partial charge in [0.1, 0.15) is 12.6 Å². The van der Waals surface area contributed by atoms with Crippen molar-refractivity contribution >= 4 is 18.0 Å². The fourth-order valence-electron chi connectivity index (χ4n) is 4.27. The van der Waals surface area contributed by atoms with Crippen LogP contribution < -0.4 is 0 Å². The Hall–Kier alpha value is -3.35. The Morgan fingerprint density at radius 3 is 2.19 bits per heavy atom. The summed E-state index contributed by atoms with van der Waals surface area (Å²) in [6.45, 7) is 0.295. The first-order valence-electron chi connectivity index (χ1n) is 10.5. The van der Waals surface area contributed by atoms with E-state index in [9.17, 15) is 14.4 Å². The van der Waals surface area contributed by atoms with Crippen molar-refractivity contribution < 1.29 is 23.9 Å². The highest BCUT2D eigenvalue weighted by atomic mass is 16.6. The quantitative estimate of drug-likeness (QED) is 0.693. The standard InChI is InChI=1S/C24H26N2O5/c1-25(2)22(27)15-30-23(28)21-12-7-13-26(21)24(29)31-14-20-18-10-5-3-8-16(18)17-9-4-6-11-19(17)20/h3-6,8-11,20-21H,7,12-15H2,1-2H3/t21-/m0/s1. The van der Waals surface area contributed by atoms with Gasteiger partial charge in [-0.15, -0.1) is 0 Å². The lowest BCUT2D eigenvalue weighted by molar-refractivity contribution is -0.154. The highest BCUT2D eigenvalue weighted by molar-refractivity contribution is 5.85. The van der Waals surface area contributed by atoms with E-state index in [1.165, 1.54) is 9.80 Å². The van der Waals surface area contributed by atoms with Gasteiger partial charge in [-0.1, -0.05) is 48.5 Å². The minimum Gasteiger partial charge on any atom is -0.454 e. The third-order valence-electron chi connectivity index (χ3n) is 5.93. The lowest BCUT2D eigenvalue weighted by Gasteiger charge is -2.24. The molecule has 2 amide bonds. The highest BCUT2D eigenvalue weighted by Crippen LogP contribution is 2.44. The predicted octanol–water partition coefficient (Wildman–Crippen LogP) is 3.03. The topological polar surface area (TPSA) is 76.2 Å². The molecule has 162 valence electrons. The summed E-state index contributed by atoms with van der Waals surface area (Å²) in [7, 11) is 3.18. The number of likely N-dealkylation sites (N-methyl/N-ethyl adjacent to an activating group) is 1. The van der Waals surface area contributed by atoms with Gasteiger partial charge in [-0.2, -0.15) is 0 Å². The lowest BCUT2D eigenvalue weighted by atomic mass is 9.98. The van der Waals surface area contributed by atoms with Gasteiger partial charge in [-0.25, -0.2) is 9.59 Å². The van der Waals surface area contributed by atoms with Crippen LogP contribution in [0.2, 0.25) is 0 Å². The molecule has 0 radical (unpaired) electrons. The molecular formula is C24H26N2O5. The number of hydrogen-bond donors (Lipinski definition) is 0. The van der Waals surface area contributed by atoms with Crippen LogP contribution in [0, 0.1) is 0 Å². The number of amides is 2. The predicted molar refractivity (Wildman–Crippen MR) is 114 cm³/mol. The number of nitrogens with zero attached hydrogens (tertiary/aromatic N) is 2. The van der Waals surface area contributed by atoms with Crippen LogP contribution in [-0.2, 0) is 19.1 Å². The summed E-state index contributed by atoms with van der Waals surface area (Å²) in [5, 5.41) is 0. The Labute approximate surface area is 181 Å². The lowest BCUT2D eigenvalue weighted by Crippen LogP contribution is -2.43. The van der Waals surface area contributed by atoms with Gasteiger partial charge in [0.15, 0.2) is 6.61 Å². The van der Waals surface area contributed by atoms with Crippen LogP contribution >= 0.6 is 0 Å². The van der Waals surface area contributed by atoms with E-state index in [2.05, 4.69) is 24.3 Å². The van der Waals surface area contributed by atoms with Crippen molar-refractivity contribution in [2.24, 2.45) is 0 Å². The van der Waals surface area contributed by atoms with Crippen molar-refractivity contribution in [3.63, 3.8) is 0 Å². The van der Waals surface area contributed by atoms with E-state index in [1.54, 1.807) is 14.1 Å². The molecule has 0 spiro atoms. The highest BCUT2D eigenvalue weighted by Gasteiger charge is 2.37. The molecule has 2 aromatic carbocycles. The molecule has 0 aromatic heterocycles. The maximum Gasteiger partial charge on any atom is 0.410 e. The Balaban J connectivity index is 1.41. The molecule has 1 fully saturated rings. The number of esters is 1. The molecule has 7 heteroatoms. The SMILES string of the molecule is CN(C)C(=O)COC(=O)[C@@H]1CCCN1C(=O)OCC1c2ccccc2-c2ccccc21. The maximum absolute atomic E-state index is 12.8. The number of rotatable bonds is 5. The summed E-state index contributed by atoms with van der Waals surface area (Å²) in [5.41, 5.74) is 4.59. The number of ether oxygens (including phenoxy) is 2. The van der Waals surface area contributed by atoms with Crippen LogP contribution in [0.15, 0.2) is 48.5 Å². The molecule has 4 rings (SSSR count). The Morgan fingerprint density at radius 2 is 1.58 bits per heavy atom. The van der Waals surface area contributed by atoms with Crippen LogP contribution in [0.4, 0.5) is 4.79 Å². The molecule has 1 aliphatic heterocycles. The van der Waals surface area contributed by atoms with Crippen molar-refractivity contribution in [1.29, 1.82) is 0 Å². The van der Waals surface area contributed by atoms with Gasteiger partial charge in [0, 0.05) is 26.6 Å². The first-order chi connectivity index (χ1) is 15.0. The van der Waals surface area contributed by atoms with Crippen molar-refractivity contribution in [2.75, 3.05) is 33.9 Å². The molecule has 1 atom stereocenters. The van der Waals surface area contributed by atoms with E-state index in [-0.39, 0.29) is 25.0 Å². The normalized spacial score (nSPS) is 17.1. The number of carbonyl (C=O) groups is 3. The zero-order valence-electron chi connectivity index (χ0n) is 17.7. The second-order valence-corrected chi connectivity index (χ2v) is 8.05. The fraction of sp³-hybridized carbons (Fsp3) is 0.375. The van der Waals surface area contributed by atoms with Gasteiger partial charge in [-0.05, 0) is 35.1 Å². The minimum atomic E-state index is -0.717. The number of carbonyl (C=O) groups excluding carboxylic acids is 3. The van der Waals surface area contributed by atoms with Crippen LogP contribution in [0.5, 0.6) is 0 Å². The molecular weight excluding hydrogens is 396 g/mol. The van der Waals surface area contributed by atoms with Crippen LogP contribution in [-0.4, -0.2) is 67.7 Å². The van der Waals surface area contributed by atoms with Crippen LogP contribution in [0.3, 0.4) is 0 Å². The average Bonchev–Trinajstić information content (AvgIpc) is 3.39. The Kier molecular flexibility index (Phi) is 5.93. The molecule has 0 unspecified atom stereocenters. The summed E-state index contributed by atoms with van der Waals surface area (Å²) in [5.74, 6) is -0.915. The zero-order chi connectivity index (χ0) is 22.0. The van der Waals surface area contributed by atoms with E-state index < -0.39 is 18.1 Å². The van der Waals surface area contributed by atoms with Gasteiger partial charge in [0.25, 0.3) is 5.91 Å². The van der Waals surface area contributed by atoms with Gasteiger partial charge >= 0.3 is 12.1 Å². The van der Waals surface area contributed by atoms with E-state index in [0.29, 0.717) is 19.4 Å². The first-order valence-corrected chi connectivity index (χ1v) is 10.5. The van der Waals surface area contributed by atoms with Crippen LogP contribution in [0.1, 0.15) is 29.9 Å². The second-order valence-electron chi connectivity index (χ2n) is 8.05. The molecule has 1 aliphatic carbocycles. The molecule has 7 nitrogen and oxygen atoms in total. The van der Waals surface area contributed by atoms with E-state index in [1.807, 2.05) is 24.3 Å². The van der Waals surface area contributed by atoms with E-state index in [0.717, 1.165) is 22.3 Å². The molecule has 0 N–H and O–H groups in total. The van der Waals surface area contributed by atoms with Gasteiger partial charge < -0.3 is 14.4 Å². The molecule has 1 saturated heterocycles. The van der Waals surface area contributed by atoms with Gasteiger partial charge in [-0.3, -0.25) is 9.69 Å². The summed E-state index contributed by atoms with van der Waals surface area (Å²) in [6, 6.07) is 15.6. The largest absolute Gasteiger partial charge is 0.454 e. The summed E-state index contributed by atoms with van der Waals surface area (Å²) in [6.07, 6.45) is 0.658. The van der Waals surface area contributed by atoms with Gasteiger partial charge in [0.2, 0.25) is 0 Å². The Bertz CT molecular complexity index is 957. The smallest absolute Gasteiger partial charge is 0.410 e. The third kappa shape index (κ3) is 4.13. The molecule has 2 aromatic rings. The average molecular weight is 422 g/mol. The number of benzene rings is 2. The van der Waals surface area contributed by atoms with E-state index >= 15 is 0 Å². The fourth-order valence-corrected chi connectivity index (χ4v) is 4.27. The van der Waals surface area contributed by atoms with Gasteiger partial charge in [0.05, 0.1) is 0 Å². The first kappa shape index (κ1) is 20.9. The second kappa shape index (κ2) is 8.79. The molecule has 31 heavy (non-hydrogen) atoms. The van der Waals surface area contributed by atoms with Crippen molar-refractivity contribution in [2.45, 2.75) is 24.8 Å². The van der Waals surface area contributed by atoms with Crippen molar-refractivity contribution in [1.82, 2.24) is 9.80 Å². The maximum atomic E-state index is 12.8. The zero-order valence-corrected chi connectivity index (χ0v) is 17.7. The number of hydrogen-bond acceptors (Lipinski definition) is 5. The van der Waals surface area contributed by atoms with Crippen molar-refractivity contribution in [3.8, 4) is 11.1 Å². The minimum absolute atomic E-state index is 0.0398. The molecule has 2 aliphatic rings.